The maximum absolute atomic E-state index is 12.2. The zero-order valence-electron chi connectivity index (χ0n) is 19.2. The molecule has 1 aromatic heterocycles. The topological polar surface area (TPSA) is 63.0 Å². The lowest BCUT2D eigenvalue weighted by Gasteiger charge is -2.20. The minimum absolute atomic E-state index is 0.0418. The average molecular weight is 445 g/mol. The van der Waals surface area contributed by atoms with E-state index < -0.39 is 5.25 Å². The highest BCUT2D eigenvalue weighted by Crippen LogP contribution is 2.36. The molecule has 0 saturated heterocycles. The van der Waals surface area contributed by atoms with Crippen molar-refractivity contribution < 1.29 is 9.53 Å². The number of hydrogen-bond acceptors (Lipinski definition) is 5. The quantitative estimate of drug-likeness (QED) is 0.315. The van der Waals surface area contributed by atoms with Crippen LogP contribution in [0.15, 0.2) is 65.7 Å². The van der Waals surface area contributed by atoms with Gasteiger partial charge in [0.2, 0.25) is 0 Å². The summed E-state index contributed by atoms with van der Waals surface area (Å²) < 4.78 is 5.15. The maximum atomic E-state index is 12.2. The van der Waals surface area contributed by atoms with Crippen molar-refractivity contribution in [1.82, 2.24) is 4.98 Å². The number of nitrogens with zero attached hydrogens (tertiary/aromatic N) is 2. The van der Waals surface area contributed by atoms with Crippen molar-refractivity contribution >= 4 is 17.7 Å². The van der Waals surface area contributed by atoms with Gasteiger partial charge in [-0.05, 0) is 36.5 Å². The fraction of sp³-hybridized carbons (Fsp3) is 0.296. The molecular weight excluding hydrogens is 416 g/mol. The predicted octanol–water partition coefficient (Wildman–Crippen LogP) is 6.63. The number of ether oxygens (including phenoxy) is 1. The molecule has 164 valence electrons. The van der Waals surface area contributed by atoms with Crippen LogP contribution in [0.4, 0.5) is 0 Å². The van der Waals surface area contributed by atoms with E-state index in [0.717, 1.165) is 22.4 Å². The summed E-state index contributed by atoms with van der Waals surface area (Å²) in [5, 5.41) is 10.1. The van der Waals surface area contributed by atoms with Crippen molar-refractivity contribution in [3.05, 3.63) is 71.8 Å². The first-order valence-corrected chi connectivity index (χ1v) is 11.6. The van der Waals surface area contributed by atoms with E-state index in [1.807, 2.05) is 36.4 Å². The van der Waals surface area contributed by atoms with Gasteiger partial charge in [0.1, 0.15) is 16.3 Å². The largest absolute Gasteiger partial charge is 0.465 e. The van der Waals surface area contributed by atoms with Crippen LogP contribution in [0.1, 0.15) is 45.7 Å². The zero-order chi connectivity index (χ0) is 23.3. The van der Waals surface area contributed by atoms with Gasteiger partial charge in [0.15, 0.2) is 0 Å². The van der Waals surface area contributed by atoms with Gasteiger partial charge in [0.25, 0.3) is 0 Å². The molecule has 0 N–H and O–H groups in total. The van der Waals surface area contributed by atoms with Gasteiger partial charge in [-0.1, -0.05) is 87.1 Å². The normalized spacial score (nSPS) is 12.1. The highest BCUT2D eigenvalue weighted by Gasteiger charge is 2.22. The number of hydrogen-bond donors (Lipinski definition) is 0. The van der Waals surface area contributed by atoms with Crippen LogP contribution in [0.2, 0.25) is 0 Å². The van der Waals surface area contributed by atoms with Crippen LogP contribution < -0.4 is 0 Å². The molecule has 0 bridgehead atoms. The molecule has 0 amide bonds. The van der Waals surface area contributed by atoms with Crippen LogP contribution in [0, 0.1) is 11.3 Å². The van der Waals surface area contributed by atoms with Crippen LogP contribution in [0.5, 0.6) is 0 Å². The maximum Gasteiger partial charge on any atom is 0.319 e. The highest BCUT2D eigenvalue weighted by molar-refractivity contribution is 8.00. The second kappa shape index (κ2) is 10.0. The third-order valence-corrected chi connectivity index (χ3v) is 6.20. The fourth-order valence-electron chi connectivity index (χ4n) is 3.32. The molecule has 0 saturated carbocycles. The van der Waals surface area contributed by atoms with E-state index in [-0.39, 0.29) is 11.4 Å². The molecule has 3 aromatic rings. The Hall–Kier alpha value is -3.10. The van der Waals surface area contributed by atoms with Gasteiger partial charge in [0.05, 0.1) is 17.9 Å². The smallest absolute Gasteiger partial charge is 0.319 e. The SMILES string of the molecule is CCOC(=O)C(C)Sc1nc(-c2ccccc2)cc(-c2ccc(C(C)(C)C)cc2)c1C#N. The zero-order valence-corrected chi connectivity index (χ0v) is 20.0. The molecule has 1 atom stereocenters. The van der Waals surface area contributed by atoms with Crippen molar-refractivity contribution in [3.63, 3.8) is 0 Å². The number of pyridine rings is 1. The van der Waals surface area contributed by atoms with Crippen LogP contribution in [-0.2, 0) is 14.9 Å². The van der Waals surface area contributed by atoms with Crippen molar-refractivity contribution in [3.8, 4) is 28.5 Å². The van der Waals surface area contributed by atoms with Gasteiger partial charge in [-0.15, -0.1) is 0 Å². The van der Waals surface area contributed by atoms with Gasteiger partial charge in [0, 0.05) is 11.1 Å². The highest BCUT2D eigenvalue weighted by atomic mass is 32.2. The van der Waals surface area contributed by atoms with E-state index in [0.29, 0.717) is 17.2 Å². The van der Waals surface area contributed by atoms with Crippen molar-refractivity contribution in [2.24, 2.45) is 0 Å². The molecule has 0 radical (unpaired) electrons. The molecule has 2 aromatic carbocycles. The summed E-state index contributed by atoms with van der Waals surface area (Å²) in [4.78, 5) is 17.0. The van der Waals surface area contributed by atoms with Gasteiger partial charge in [-0.2, -0.15) is 5.26 Å². The first-order chi connectivity index (χ1) is 15.2. The molecular formula is C27H28N2O2S. The Morgan fingerprint density at radius 1 is 1.09 bits per heavy atom. The summed E-state index contributed by atoms with van der Waals surface area (Å²) in [5.41, 5.74) is 5.20. The van der Waals surface area contributed by atoms with Crippen LogP contribution in [0.3, 0.4) is 0 Å². The number of benzene rings is 2. The van der Waals surface area contributed by atoms with E-state index >= 15 is 0 Å². The molecule has 0 fully saturated rings. The van der Waals surface area contributed by atoms with E-state index in [9.17, 15) is 10.1 Å². The summed E-state index contributed by atoms with van der Waals surface area (Å²) in [5.74, 6) is -0.315. The predicted molar refractivity (Wildman–Crippen MR) is 130 cm³/mol. The molecule has 1 unspecified atom stereocenters. The molecule has 0 aliphatic carbocycles. The Morgan fingerprint density at radius 2 is 1.75 bits per heavy atom. The van der Waals surface area contributed by atoms with Crippen molar-refractivity contribution in [1.29, 1.82) is 5.26 Å². The standard InChI is InChI=1S/C27H28N2O2S/c1-6-31-26(30)18(2)32-25-23(17-28)22(16-24(29-25)20-10-8-7-9-11-20)19-12-14-21(15-13-19)27(3,4)5/h7-16,18H,6H2,1-5H3. The fourth-order valence-corrected chi connectivity index (χ4v) is 4.25. The summed E-state index contributed by atoms with van der Waals surface area (Å²) in [6.07, 6.45) is 0. The average Bonchev–Trinajstić information content (AvgIpc) is 2.78. The second-order valence-corrected chi connectivity index (χ2v) is 9.88. The molecule has 0 spiro atoms. The molecule has 4 nitrogen and oxygen atoms in total. The van der Waals surface area contributed by atoms with Crippen LogP contribution in [0.25, 0.3) is 22.4 Å². The number of rotatable bonds is 6. The van der Waals surface area contributed by atoms with Crippen molar-refractivity contribution in [2.45, 2.75) is 50.3 Å². The summed E-state index contributed by atoms with van der Waals surface area (Å²) in [6.45, 7) is 10.4. The molecule has 0 aliphatic rings. The molecule has 0 aliphatic heterocycles. The molecule has 1 heterocycles. The Labute approximate surface area is 194 Å². The molecule has 5 heteroatoms. The lowest BCUT2D eigenvalue weighted by molar-refractivity contribution is -0.142. The number of carbonyl (C=O) groups excluding carboxylic acids is 1. The van der Waals surface area contributed by atoms with E-state index in [2.05, 4.69) is 51.1 Å². The number of thioether (sulfide) groups is 1. The van der Waals surface area contributed by atoms with Gasteiger partial charge < -0.3 is 4.74 Å². The first-order valence-electron chi connectivity index (χ1n) is 10.7. The Kier molecular flexibility index (Phi) is 7.37. The second-order valence-electron chi connectivity index (χ2n) is 8.55. The molecule has 3 rings (SSSR count). The summed E-state index contributed by atoms with van der Waals surface area (Å²) in [6, 6.07) is 22.4. The van der Waals surface area contributed by atoms with E-state index in [1.165, 1.54) is 17.3 Å². The third-order valence-electron chi connectivity index (χ3n) is 5.14. The summed E-state index contributed by atoms with van der Waals surface area (Å²) in [7, 11) is 0. The van der Waals surface area contributed by atoms with Crippen LogP contribution >= 0.6 is 11.8 Å². The van der Waals surface area contributed by atoms with Gasteiger partial charge in [-0.25, -0.2) is 4.98 Å². The third kappa shape index (κ3) is 5.38. The van der Waals surface area contributed by atoms with Crippen LogP contribution in [-0.4, -0.2) is 22.8 Å². The lowest BCUT2D eigenvalue weighted by atomic mass is 9.86. The Bertz CT molecular complexity index is 1130. The minimum atomic E-state index is -0.475. The van der Waals surface area contributed by atoms with Gasteiger partial charge >= 0.3 is 5.97 Å². The number of aromatic nitrogens is 1. The Balaban J connectivity index is 2.15. The number of esters is 1. The Morgan fingerprint density at radius 3 is 2.31 bits per heavy atom. The lowest BCUT2D eigenvalue weighted by Crippen LogP contribution is -2.17. The first kappa shape index (κ1) is 23.6. The number of carbonyl (C=O) groups is 1. The van der Waals surface area contributed by atoms with Crippen molar-refractivity contribution in [2.75, 3.05) is 6.61 Å². The van der Waals surface area contributed by atoms with E-state index in [1.54, 1.807) is 13.8 Å². The number of nitriles is 1. The summed E-state index contributed by atoms with van der Waals surface area (Å²) >= 11 is 1.26. The minimum Gasteiger partial charge on any atom is -0.465 e. The van der Waals surface area contributed by atoms with E-state index in [4.69, 9.17) is 9.72 Å². The van der Waals surface area contributed by atoms with Gasteiger partial charge in [-0.3, -0.25) is 4.79 Å². The molecule has 32 heavy (non-hydrogen) atoms. The monoisotopic (exact) mass is 444 g/mol.